The van der Waals surface area contributed by atoms with Gasteiger partial charge in [-0.25, -0.2) is 0 Å². The van der Waals surface area contributed by atoms with Crippen LogP contribution in [0.1, 0.15) is 88.2 Å². The number of nitriles is 1. The van der Waals surface area contributed by atoms with Crippen molar-refractivity contribution >= 4 is 0 Å². The molecule has 2 aliphatic carbocycles. The lowest BCUT2D eigenvalue weighted by atomic mass is 9.70. The van der Waals surface area contributed by atoms with E-state index in [4.69, 9.17) is 5.26 Å². The van der Waals surface area contributed by atoms with Gasteiger partial charge in [-0.1, -0.05) is 68.0 Å². The Bertz CT molecular complexity index is 745. The van der Waals surface area contributed by atoms with Crippen LogP contribution < -0.4 is 0 Å². The molecule has 0 aromatic heterocycles. The first-order valence-corrected chi connectivity index (χ1v) is 12.2. The summed E-state index contributed by atoms with van der Waals surface area (Å²) in [5, 5.41) is 8.56. The van der Waals surface area contributed by atoms with Crippen LogP contribution in [0.2, 0.25) is 0 Å². The minimum atomic E-state index is 0.674. The second kappa shape index (κ2) is 11.9. The molecule has 2 saturated carbocycles. The molecule has 0 amide bonds. The zero-order valence-corrected chi connectivity index (χ0v) is 18.9. The van der Waals surface area contributed by atoms with E-state index in [0.29, 0.717) is 5.92 Å². The molecule has 3 rings (SSSR count). The Morgan fingerprint density at radius 1 is 0.967 bits per heavy atom. The van der Waals surface area contributed by atoms with Gasteiger partial charge in [-0.2, -0.15) is 5.26 Å². The fourth-order valence-corrected chi connectivity index (χ4v) is 5.47. The number of hydrogen-bond acceptors (Lipinski definition) is 1. The van der Waals surface area contributed by atoms with E-state index in [1.165, 1.54) is 76.2 Å². The minimum Gasteiger partial charge on any atom is -0.193 e. The van der Waals surface area contributed by atoms with Gasteiger partial charge in [0.1, 0.15) is 0 Å². The smallest absolute Gasteiger partial charge is 0.0912 e. The largest absolute Gasteiger partial charge is 0.193 e. The van der Waals surface area contributed by atoms with Gasteiger partial charge in [0.25, 0.3) is 0 Å². The van der Waals surface area contributed by atoms with E-state index >= 15 is 0 Å². The Hall–Kier alpha value is -2.07. The molecule has 160 valence electrons. The van der Waals surface area contributed by atoms with Crippen molar-refractivity contribution in [2.24, 2.45) is 17.8 Å². The summed E-state index contributed by atoms with van der Waals surface area (Å²) in [6.45, 7) is 6.85. The molecule has 1 aromatic rings. The maximum Gasteiger partial charge on any atom is 0.0912 e. The van der Waals surface area contributed by atoms with Gasteiger partial charge >= 0.3 is 0 Å². The Balaban J connectivity index is 1.43. The van der Waals surface area contributed by atoms with E-state index in [2.05, 4.69) is 43.8 Å². The molecule has 2 aliphatic rings. The Kier molecular flexibility index (Phi) is 9.00. The molecule has 30 heavy (non-hydrogen) atoms. The highest BCUT2D eigenvalue weighted by Gasteiger charge is 2.29. The van der Waals surface area contributed by atoms with Crippen LogP contribution in [0.25, 0.3) is 0 Å². The standard InChI is InChI=1S/C29H39N/c1-3-4-8-24-12-16-28(17-13-24)29-20-18-27(19-21-29)23(2)26-14-10-25(11-15-26)9-6-5-7-22-30/h5-7,9,12-13,16-17,25-27,29H,2-4,8,10-11,14-15,18-21H2,1H3/b7-5+,9-6+. The topological polar surface area (TPSA) is 23.8 Å². The number of hydrogen-bond donors (Lipinski definition) is 0. The van der Waals surface area contributed by atoms with E-state index < -0.39 is 0 Å². The SMILES string of the molecule is C=C(C1CCC(/C=C/C=C/C#N)CC1)C1CCC(c2ccc(CCCC)cc2)CC1. The molecule has 0 bridgehead atoms. The normalized spacial score (nSPS) is 27.3. The summed E-state index contributed by atoms with van der Waals surface area (Å²) in [6, 6.07) is 11.6. The lowest BCUT2D eigenvalue weighted by Gasteiger charge is -2.36. The molecular weight excluding hydrogens is 362 g/mol. The molecule has 1 nitrogen and oxygen atoms in total. The zero-order chi connectivity index (χ0) is 21.2. The second-order valence-corrected chi connectivity index (χ2v) is 9.45. The quantitative estimate of drug-likeness (QED) is 0.244. The summed E-state index contributed by atoms with van der Waals surface area (Å²) in [7, 11) is 0. The summed E-state index contributed by atoms with van der Waals surface area (Å²) in [5.74, 6) is 2.88. The molecule has 0 heterocycles. The monoisotopic (exact) mass is 401 g/mol. The van der Waals surface area contributed by atoms with Gasteiger partial charge in [0.05, 0.1) is 6.07 Å². The maximum absolute atomic E-state index is 8.56. The predicted molar refractivity (Wildman–Crippen MR) is 128 cm³/mol. The van der Waals surface area contributed by atoms with Gasteiger partial charge < -0.3 is 0 Å². The van der Waals surface area contributed by atoms with Crippen LogP contribution >= 0.6 is 0 Å². The van der Waals surface area contributed by atoms with Crippen molar-refractivity contribution in [3.8, 4) is 6.07 Å². The van der Waals surface area contributed by atoms with Crippen molar-refractivity contribution in [3.63, 3.8) is 0 Å². The summed E-state index contributed by atoms with van der Waals surface area (Å²) < 4.78 is 0. The molecule has 0 unspecified atom stereocenters. The number of unbranched alkanes of at least 4 members (excludes halogenated alkanes) is 1. The molecule has 0 spiro atoms. The Morgan fingerprint density at radius 2 is 1.60 bits per heavy atom. The summed E-state index contributed by atoms with van der Waals surface area (Å²) in [4.78, 5) is 0. The first-order chi connectivity index (χ1) is 14.7. The molecule has 0 aliphatic heterocycles. The van der Waals surface area contributed by atoms with Gasteiger partial charge in [-0.3, -0.25) is 0 Å². The van der Waals surface area contributed by atoms with E-state index in [9.17, 15) is 0 Å². The van der Waals surface area contributed by atoms with Crippen molar-refractivity contribution in [3.05, 3.63) is 71.8 Å². The minimum absolute atomic E-state index is 0.674. The highest BCUT2D eigenvalue weighted by molar-refractivity contribution is 5.26. The molecule has 1 heteroatoms. The first-order valence-electron chi connectivity index (χ1n) is 12.2. The highest BCUT2D eigenvalue weighted by atomic mass is 14.3. The Labute approximate surface area is 184 Å². The number of allylic oxidation sites excluding steroid dienone is 5. The second-order valence-electron chi connectivity index (χ2n) is 9.45. The van der Waals surface area contributed by atoms with Crippen LogP contribution in [-0.4, -0.2) is 0 Å². The first kappa shape index (κ1) is 22.6. The molecule has 0 N–H and O–H groups in total. The van der Waals surface area contributed by atoms with Crippen LogP contribution in [0, 0.1) is 29.1 Å². The van der Waals surface area contributed by atoms with E-state index in [0.717, 1.165) is 17.8 Å². The van der Waals surface area contributed by atoms with Crippen molar-refractivity contribution in [2.45, 2.75) is 83.5 Å². The fourth-order valence-electron chi connectivity index (χ4n) is 5.47. The van der Waals surface area contributed by atoms with Gasteiger partial charge in [-0.15, -0.1) is 0 Å². The number of benzene rings is 1. The molecule has 1 aromatic carbocycles. The van der Waals surface area contributed by atoms with Gasteiger partial charge in [-0.05, 0) is 99.0 Å². The zero-order valence-electron chi connectivity index (χ0n) is 18.9. The molecule has 0 radical (unpaired) electrons. The third-order valence-electron chi connectivity index (χ3n) is 7.48. The van der Waals surface area contributed by atoms with Crippen molar-refractivity contribution in [2.75, 3.05) is 0 Å². The average molecular weight is 402 g/mol. The van der Waals surface area contributed by atoms with E-state index in [1.807, 2.05) is 18.2 Å². The van der Waals surface area contributed by atoms with Crippen molar-refractivity contribution in [1.29, 1.82) is 5.26 Å². The third-order valence-corrected chi connectivity index (χ3v) is 7.48. The fraction of sp³-hybridized carbons (Fsp3) is 0.552. The summed E-state index contributed by atoms with van der Waals surface area (Å²) in [5.41, 5.74) is 4.60. The molecular formula is C29H39N. The van der Waals surface area contributed by atoms with Crippen LogP contribution in [0.5, 0.6) is 0 Å². The summed E-state index contributed by atoms with van der Waals surface area (Å²) >= 11 is 0. The number of rotatable bonds is 8. The molecule has 0 atom stereocenters. The molecule has 2 fully saturated rings. The van der Waals surface area contributed by atoms with Crippen LogP contribution in [-0.2, 0) is 6.42 Å². The lowest BCUT2D eigenvalue weighted by molar-refractivity contribution is 0.290. The van der Waals surface area contributed by atoms with Crippen LogP contribution in [0.3, 0.4) is 0 Å². The lowest BCUT2D eigenvalue weighted by Crippen LogP contribution is -2.22. The van der Waals surface area contributed by atoms with Crippen LogP contribution in [0.15, 0.2) is 60.7 Å². The number of aryl methyl sites for hydroxylation is 1. The van der Waals surface area contributed by atoms with Crippen molar-refractivity contribution < 1.29 is 0 Å². The predicted octanol–water partition coefficient (Wildman–Crippen LogP) is 8.30. The average Bonchev–Trinajstić information content (AvgIpc) is 2.81. The van der Waals surface area contributed by atoms with E-state index in [1.54, 1.807) is 17.2 Å². The molecule has 0 saturated heterocycles. The number of nitrogens with zero attached hydrogens (tertiary/aromatic N) is 1. The van der Waals surface area contributed by atoms with E-state index in [-0.39, 0.29) is 0 Å². The highest BCUT2D eigenvalue weighted by Crippen LogP contribution is 2.43. The van der Waals surface area contributed by atoms with Gasteiger partial charge in [0, 0.05) is 6.08 Å². The third kappa shape index (κ3) is 6.46. The maximum atomic E-state index is 8.56. The Morgan fingerprint density at radius 3 is 2.20 bits per heavy atom. The summed E-state index contributed by atoms with van der Waals surface area (Å²) in [6.07, 6.45) is 21.9. The van der Waals surface area contributed by atoms with Gasteiger partial charge in [0.15, 0.2) is 0 Å². The van der Waals surface area contributed by atoms with Crippen LogP contribution in [0.4, 0.5) is 0 Å². The van der Waals surface area contributed by atoms with Gasteiger partial charge in [0.2, 0.25) is 0 Å². The van der Waals surface area contributed by atoms with Crippen molar-refractivity contribution in [1.82, 2.24) is 0 Å².